The molecule has 0 N–H and O–H groups in total. The third kappa shape index (κ3) is 16.2. The number of esters is 3. The number of ether oxygens (including phenoxy) is 3. The van der Waals surface area contributed by atoms with Crippen LogP contribution in [0.15, 0.2) is 54.6 Å². The fraction of sp³-hybridized carbons (Fsp3) is 0.606. The van der Waals surface area contributed by atoms with Gasteiger partial charge >= 0.3 is 17.9 Å². The van der Waals surface area contributed by atoms with Crippen LogP contribution in [0.4, 0.5) is 0 Å². The van der Waals surface area contributed by atoms with Gasteiger partial charge in [-0.2, -0.15) is 8.42 Å². The van der Waals surface area contributed by atoms with Crippen molar-refractivity contribution in [1.82, 2.24) is 0 Å². The number of hydrogen-bond donors (Lipinski definition) is 0. The van der Waals surface area contributed by atoms with Gasteiger partial charge in [-0.1, -0.05) is 56.2 Å². The van der Waals surface area contributed by atoms with E-state index in [2.05, 4.69) is 6.92 Å². The van der Waals surface area contributed by atoms with Crippen LogP contribution in [-0.2, 0) is 38.1 Å². The zero-order valence-corrected chi connectivity index (χ0v) is 29.2. The van der Waals surface area contributed by atoms with Crippen LogP contribution >= 0.6 is 23.5 Å². The average Bonchev–Trinajstić information content (AvgIpc) is 3.01. The normalized spacial score (nSPS) is 21.1. The highest BCUT2D eigenvalue weighted by Crippen LogP contribution is 2.45. The van der Waals surface area contributed by atoms with Crippen LogP contribution in [0.1, 0.15) is 81.5 Å². The Balaban J connectivity index is 2.30. The molecule has 1 saturated heterocycles. The van der Waals surface area contributed by atoms with E-state index in [1.807, 2.05) is 30.4 Å². The molecule has 0 saturated carbocycles. The van der Waals surface area contributed by atoms with Gasteiger partial charge in [-0.15, -0.1) is 23.5 Å². The number of unbranched alkanes of at least 4 members (excludes halogenated alkanes) is 3. The summed E-state index contributed by atoms with van der Waals surface area (Å²) in [6, 6.07) is 8.89. The second-order valence-electron chi connectivity index (χ2n) is 10.8. The smallest absolute Gasteiger partial charge is 0.338 e. The van der Waals surface area contributed by atoms with Gasteiger partial charge in [0.1, 0.15) is 6.10 Å². The lowest BCUT2D eigenvalue weighted by molar-refractivity contribution is -0.141. The molecular weight excluding hydrogens is 637 g/mol. The van der Waals surface area contributed by atoms with Crippen LogP contribution in [0.25, 0.3) is 0 Å². The van der Waals surface area contributed by atoms with E-state index in [1.54, 1.807) is 47.8 Å². The van der Waals surface area contributed by atoms with E-state index in [0.29, 0.717) is 49.8 Å². The number of benzene rings is 1. The predicted molar refractivity (Wildman–Crippen MR) is 181 cm³/mol. The number of thioether (sulfide) groups is 2. The summed E-state index contributed by atoms with van der Waals surface area (Å²) in [6.07, 6.45) is 14.6. The number of allylic oxidation sites excluding steroid dienone is 2. The molecule has 9 nitrogen and oxygen atoms in total. The molecule has 252 valence electrons. The van der Waals surface area contributed by atoms with E-state index in [1.165, 1.54) is 14.2 Å². The highest BCUT2D eigenvalue weighted by Gasteiger charge is 2.39. The van der Waals surface area contributed by atoms with Gasteiger partial charge < -0.3 is 14.2 Å². The molecule has 0 aliphatic carbocycles. The standard InChI is InChI=1S/C33H48O9S3/c1-5-6-10-17-26(41-33(36)25-15-11-9-12-16-25)20-21-29-27(18-13-7-8-14-19-30(34)39-2)28(42-45(4,37)38)24-32(44-29)43-23-22-31(35)40-3/h7,9,11-13,15-16,20-21,26-29,32H,5-6,8,10,14,17-19,22-24H2,1-4H3/b13-7-,21-20+/t26-,27-,28+,29+,32-/m0/s1. The Morgan fingerprint density at radius 3 is 2.40 bits per heavy atom. The monoisotopic (exact) mass is 684 g/mol. The second-order valence-corrected chi connectivity index (χ2v) is 15.4. The summed E-state index contributed by atoms with van der Waals surface area (Å²) in [5.41, 5.74) is 0.484. The van der Waals surface area contributed by atoms with Crippen LogP contribution < -0.4 is 0 Å². The molecule has 0 radical (unpaired) electrons. The van der Waals surface area contributed by atoms with Crippen LogP contribution in [0, 0.1) is 5.92 Å². The first-order valence-electron chi connectivity index (χ1n) is 15.4. The first-order valence-corrected chi connectivity index (χ1v) is 19.2. The maximum atomic E-state index is 12.9. The van der Waals surface area contributed by atoms with Crippen molar-refractivity contribution in [1.29, 1.82) is 0 Å². The van der Waals surface area contributed by atoms with Gasteiger partial charge in [-0.05, 0) is 56.7 Å². The van der Waals surface area contributed by atoms with Gasteiger partial charge in [0.05, 0.1) is 43.1 Å². The Kier molecular flexibility index (Phi) is 18.6. The Hall–Kier alpha value is -2.28. The molecule has 5 atom stereocenters. The molecule has 1 heterocycles. The summed E-state index contributed by atoms with van der Waals surface area (Å²) >= 11 is 3.28. The van der Waals surface area contributed by atoms with Gasteiger partial charge in [0, 0.05) is 23.3 Å². The quantitative estimate of drug-likeness (QED) is 0.0478. The van der Waals surface area contributed by atoms with Gasteiger partial charge in [0.2, 0.25) is 0 Å². The van der Waals surface area contributed by atoms with Gasteiger partial charge in [0.25, 0.3) is 10.1 Å². The molecule has 1 aromatic rings. The van der Waals surface area contributed by atoms with Gasteiger partial charge in [-0.25, -0.2) is 4.79 Å². The van der Waals surface area contributed by atoms with Crippen molar-refractivity contribution >= 4 is 51.5 Å². The highest BCUT2D eigenvalue weighted by molar-refractivity contribution is 8.17. The Labute approximate surface area is 277 Å². The fourth-order valence-electron chi connectivity index (χ4n) is 4.84. The lowest BCUT2D eigenvalue weighted by Gasteiger charge is -2.39. The van der Waals surface area contributed by atoms with Crippen molar-refractivity contribution in [3.8, 4) is 0 Å². The van der Waals surface area contributed by atoms with E-state index >= 15 is 0 Å². The Bertz CT molecular complexity index is 1200. The first-order chi connectivity index (χ1) is 21.6. The zero-order chi connectivity index (χ0) is 33.1. The minimum Gasteiger partial charge on any atom is -0.469 e. The topological polar surface area (TPSA) is 122 Å². The second kappa shape index (κ2) is 21.5. The van der Waals surface area contributed by atoms with Crippen molar-refractivity contribution in [2.45, 2.75) is 93.2 Å². The predicted octanol–water partition coefficient (Wildman–Crippen LogP) is 6.73. The number of carbonyl (C=O) groups is 3. The number of rotatable bonds is 20. The summed E-state index contributed by atoms with van der Waals surface area (Å²) < 4.78 is 45.7. The number of carbonyl (C=O) groups excluding carboxylic acids is 3. The van der Waals surface area contributed by atoms with Gasteiger partial charge in [0.15, 0.2) is 0 Å². The van der Waals surface area contributed by atoms with Gasteiger partial charge in [-0.3, -0.25) is 13.8 Å². The summed E-state index contributed by atoms with van der Waals surface area (Å²) in [4.78, 5) is 36.1. The fourth-order valence-corrected chi connectivity index (χ4v) is 8.69. The van der Waals surface area contributed by atoms with E-state index in [-0.39, 0.29) is 40.1 Å². The van der Waals surface area contributed by atoms with E-state index in [9.17, 15) is 22.8 Å². The van der Waals surface area contributed by atoms with Crippen molar-refractivity contribution in [2.24, 2.45) is 5.92 Å². The molecule has 0 unspecified atom stereocenters. The molecule has 1 aliphatic heterocycles. The van der Waals surface area contributed by atoms with Crippen molar-refractivity contribution in [3.63, 3.8) is 0 Å². The molecule has 0 spiro atoms. The minimum atomic E-state index is -3.75. The van der Waals surface area contributed by atoms with Crippen molar-refractivity contribution in [3.05, 3.63) is 60.2 Å². The lowest BCUT2D eigenvalue weighted by Crippen LogP contribution is -2.39. The number of hydrogen-bond acceptors (Lipinski definition) is 11. The Morgan fingerprint density at radius 2 is 1.73 bits per heavy atom. The van der Waals surface area contributed by atoms with Crippen LogP contribution in [0.5, 0.6) is 0 Å². The first kappa shape index (κ1) is 38.9. The van der Waals surface area contributed by atoms with E-state index in [4.69, 9.17) is 18.4 Å². The highest BCUT2D eigenvalue weighted by atomic mass is 32.2. The summed E-state index contributed by atoms with van der Waals surface area (Å²) in [7, 11) is -1.02. The summed E-state index contributed by atoms with van der Waals surface area (Å²) in [5, 5.41) is -0.148. The number of methoxy groups -OCH3 is 2. The van der Waals surface area contributed by atoms with Crippen molar-refractivity contribution < 1.29 is 41.2 Å². The van der Waals surface area contributed by atoms with E-state index in [0.717, 1.165) is 25.5 Å². The molecule has 0 bridgehead atoms. The average molecular weight is 685 g/mol. The summed E-state index contributed by atoms with van der Waals surface area (Å²) in [5.74, 6) is -0.591. The zero-order valence-electron chi connectivity index (χ0n) is 26.8. The molecule has 45 heavy (non-hydrogen) atoms. The largest absolute Gasteiger partial charge is 0.469 e. The lowest BCUT2D eigenvalue weighted by atomic mass is 9.91. The van der Waals surface area contributed by atoms with Crippen LogP contribution in [0.2, 0.25) is 0 Å². The SMILES string of the molecule is CCCCC[C@@H](/C=C/[C@H]1S[C@H](SCCC(=O)OC)C[C@@H](OS(C)(=O)=O)[C@@H]1C/C=C\CCCC(=O)OC)OC(=O)c1ccccc1. The van der Waals surface area contributed by atoms with Crippen LogP contribution in [-0.4, -0.2) is 74.6 Å². The minimum absolute atomic E-state index is 0.0262. The maximum absolute atomic E-state index is 12.9. The maximum Gasteiger partial charge on any atom is 0.338 e. The Morgan fingerprint density at radius 1 is 1.02 bits per heavy atom. The molecule has 0 aromatic heterocycles. The molecule has 2 rings (SSSR count). The van der Waals surface area contributed by atoms with E-state index < -0.39 is 22.3 Å². The molecule has 1 aliphatic rings. The molecule has 1 fully saturated rings. The third-order valence-electron chi connectivity index (χ3n) is 7.20. The summed E-state index contributed by atoms with van der Waals surface area (Å²) in [6.45, 7) is 2.12. The molecule has 12 heteroatoms. The third-order valence-corrected chi connectivity index (χ3v) is 10.9. The van der Waals surface area contributed by atoms with Crippen molar-refractivity contribution in [2.75, 3.05) is 26.2 Å². The van der Waals surface area contributed by atoms with Crippen LogP contribution in [0.3, 0.4) is 0 Å². The molecule has 0 amide bonds. The molecular formula is C33H48O9S3. The molecule has 1 aromatic carbocycles.